The number of carbonyl (C=O) groups is 1. The zero-order chi connectivity index (χ0) is 21.1. The van der Waals surface area contributed by atoms with Gasteiger partial charge >= 0.3 is 0 Å². The van der Waals surface area contributed by atoms with Gasteiger partial charge in [0.15, 0.2) is 5.65 Å². The smallest absolute Gasteiger partial charge is 0.238 e. The Morgan fingerprint density at radius 2 is 1.93 bits per heavy atom. The maximum absolute atomic E-state index is 12.8. The summed E-state index contributed by atoms with van der Waals surface area (Å²) in [6.45, 7) is 4.76. The van der Waals surface area contributed by atoms with Crippen LogP contribution in [0.4, 0.5) is 5.69 Å². The lowest BCUT2D eigenvalue weighted by Crippen LogP contribution is -2.25. The predicted octanol–water partition coefficient (Wildman–Crippen LogP) is 4.38. The lowest BCUT2D eigenvalue weighted by atomic mass is 10.2. The Labute approximate surface area is 178 Å². The van der Waals surface area contributed by atoms with Crippen LogP contribution in [0.15, 0.2) is 53.7 Å². The number of benzene rings is 2. The number of para-hydroxylation sites is 2. The van der Waals surface area contributed by atoms with Gasteiger partial charge in [-0.3, -0.25) is 4.79 Å². The van der Waals surface area contributed by atoms with Crippen molar-refractivity contribution >= 4 is 45.4 Å². The van der Waals surface area contributed by atoms with Crippen LogP contribution in [0, 0.1) is 11.3 Å². The second kappa shape index (κ2) is 8.51. The van der Waals surface area contributed by atoms with Crippen molar-refractivity contribution in [1.29, 1.82) is 5.26 Å². The van der Waals surface area contributed by atoms with Crippen LogP contribution in [0.3, 0.4) is 0 Å². The number of carbonyl (C=O) groups excluding carboxylic acids is 1. The molecule has 0 unspecified atom stereocenters. The normalized spacial score (nSPS) is 12.0. The molecule has 2 aromatic heterocycles. The summed E-state index contributed by atoms with van der Waals surface area (Å²) >= 11 is 1.28. The van der Waals surface area contributed by atoms with E-state index < -0.39 is 5.25 Å². The minimum Gasteiger partial charge on any atom is -0.324 e. The number of thioether (sulfide) groups is 1. The highest BCUT2D eigenvalue weighted by atomic mass is 32.2. The Bertz CT molecular complexity index is 1280. The zero-order valence-corrected chi connectivity index (χ0v) is 17.5. The second-order valence-electron chi connectivity index (χ2n) is 6.69. The molecule has 1 N–H and O–H groups in total. The van der Waals surface area contributed by atoms with E-state index >= 15 is 0 Å². The number of rotatable bonds is 6. The van der Waals surface area contributed by atoms with Gasteiger partial charge in [-0.05, 0) is 31.5 Å². The summed E-state index contributed by atoms with van der Waals surface area (Å²) < 4.78 is 2.10. The number of hydrogen-bond donors (Lipinski definition) is 1. The maximum atomic E-state index is 12.8. The molecule has 7 nitrogen and oxygen atoms in total. The van der Waals surface area contributed by atoms with Crippen LogP contribution in [-0.2, 0) is 11.3 Å². The fourth-order valence-corrected chi connectivity index (χ4v) is 4.23. The first-order valence-electron chi connectivity index (χ1n) is 9.74. The maximum Gasteiger partial charge on any atom is 0.238 e. The third kappa shape index (κ3) is 3.60. The molecule has 1 atom stereocenters. The number of nitriles is 1. The van der Waals surface area contributed by atoms with Gasteiger partial charge < -0.3 is 9.88 Å². The van der Waals surface area contributed by atoms with Crippen molar-refractivity contribution in [2.24, 2.45) is 0 Å². The van der Waals surface area contributed by atoms with Gasteiger partial charge in [-0.1, -0.05) is 49.0 Å². The molecule has 2 heterocycles. The molecule has 1 amide bonds. The number of anilines is 1. The highest BCUT2D eigenvalue weighted by Gasteiger charge is 2.22. The molecule has 0 spiro atoms. The Hall–Kier alpha value is -3.44. The van der Waals surface area contributed by atoms with Crippen LogP contribution in [-0.4, -0.2) is 30.9 Å². The average molecular weight is 417 g/mol. The molecule has 0 saturated heterocycles. The molecule has 2 aromatic carbocycles. The molecule has 0 bridgehead atoms. The van der Waals surface area contributed by atoms with Crippen molar-refractivity contribution in [3.8, 4) is 6.07 Å². The molecule has 0 aliphatic heterocycles. The molecular weight excluding hydrogens is 396 g/mol. The van der Waals surface area contributed by atoms with Gasteiger partial charge in [-0.2, -0.15) is 5.26 Å². The molecule has 4 rings (SSSR count). The first-order chi connectivity index (χ1) is 14.7. The first-order valence-corrected chi connectivity index (χ1v) is 10.6. The van der Waals surface area contributed by atoms with Gasteiger partial charge in [0.05, 0.1) is 22.0 Å². The van der Waals surface area contributed by atoms with E-state index in [0.29, 0.717) is 22.8 Å². The highest BCUT2D eigenvalue weighted by molar-refractivity contribution is 8.00. The van der Waals surface area contributed by atoms with Crippen LogP contribution < -0.4 is 5.32 Å². The number of nitrogens with zero attached hydrogens (tertiary/aromatic N) is 5. The van der Waals surface area contributed by atoms with Crippen molar-refractivity contribution in [2.45, 2.75) is 37.2 Å². The standard InChI is InChI=1S/C22H20N6OS/c1-3-18(21(29)24-16-11-7-5-9-14(16)13-23)30-22-25-20-19(26-27-22)15-10-6-8-12-17(15)28(20)4-2/h5-12,18H,3-4H2,1-2H3,(H,24,29)/t18-/m0/s1. The monoisotopic (exact) mass is 416 g/mol. The summed E-state index contributed by atoms with van der Waals surface area (Å²) in [6, 6.07) is 17.1. The van der Waals surface area contributed by atoms with E-state index in [0.717, 1.165) is 28.6 Å². The van der Waals surface area contributed by atoms with Crippen molar-refractivity contribution in [3.63, 3.8) is 0 Å². The van der Waals surface area contributed by atoms with E-state index in [9.17, 15) is 10.1 Å². The number of amides is 1. The summed E-state index contributed by atoms with van der Waals surface area (Å²) in [7, 11) is 0. The zero-order valence-electron chi connectivity index (χ0n) is 16.7. The van der Waals surface area contributed by atoms with Crippen LogP contribution >= 0.6 is 11.8 Å². The summed E-state index contributed by atoms with van der Waals surface area (Å²) in [4.78, 5) is 17.5. The Kier molecular flexibility index (Phi) is 5.63. The first kappa shape index (κ1) is 19.9. The molecule has 0 saturated carbocycles. The number of aromatic nitrogens is 4. The molecule has 4 aromatic rings. The van der Waals surface area contributed by atoms with Crippen molar-refractivity contribution in [1.82, 2.24) is 19.7 Å². The van der Waals surface area contributed by atoms with Gasteiger partial charge in [-0.25, -0.2) is 4.98 Å². The molecule has 0 fully saturated rings. The summed E-state index contributed by atoms with van der Waals surface area (Å²) in [5.41, 5.74) is 3.53. The summed E-state index contributed by atoms with van der Waals surface area (Å²) in [5, 5.41) is 21.8. The van der Waals surface area contributed by atoms with Crippen LogP contribution in [0.5, 0.6) is 0 Å². The minimum atomic E-state index is -0.407. The molecule has 0 radical (unpaired) electrons. The van der Waals surface area contributed by atoms with E-state index in [1.54, 1.807) is 24.3 Å². The van der Waals surface area contributed by atoms with E-state index in [2.05, 4.69) is 33.1 Å². The molecule has 30 heavy (non-hydrogen) atoms. The lowest BCUT2D eigenvalue weighted by Gasteiger charge is -2.14. The van der Waals surface area contributed by atoms with Crippen molar-refractivity contribution < 1.29 is 4.79 Å². The quantitative estimate of drug-likeness (QED) is 0.469. The Morgan fingerprint density at radius 3 is 2.70 bits per heavy atom. The number of fused-ring (bicyclic) bond motifs is 3. The van der Waals surface area contributed by atoms with Crippen molar-refractivity contribution in [2.75, 3.05) is 5.32 Å². The van der Waals surface area contributed by atoms with Crippen LogP contribution in [0.25, 0.3) is 22.1 Å². The molecule has 150 valence electrons. The fraction of sp³-hybridized carbons (Fsp3) is 0.227. The Balaban J connectivity index is 1.62. The molecule has 0 aliphatic carbocycles. The van der Waals surface area contributed by atoms with Gasteiger partial charge in [0.1, 0.15) is 11.6 Å². The van der Waals surface area contributed by atoms with E-state index in [1.165, 1.54) is 11.8 Å². The molecular formula is C22H20N6OS. The lowest BCUT2D eigenvalue weighted by molar-refractivity contribution is -0.115. The molecule has 8 heteroatoms. The van der Waals surface area contributed by atoms with E-state index in [1.807, 2.05) is 31.2 Å². The van der Waals surface area contributed by atoms with Gasteiger partial charge in [-0.15, -0.1) is 10.2 Å². The van der Waals surface area contributed by atoms with Crippen LogP contribution in [0.2, 0.25) is 0 Å². The van der Waals surface area contributed by atoms with E-state index in [4.69, 9.17) is 4.98 Å². The van der Waals surface area contributed by atoms with Crippen molar-refractivity contribution in [3.05, 3.63) is 54.1 Å². The average Bonchev–Trinajstić information content (AvgIpc) is 3.10. The summed E-state index contributed by atoms with van der Waals surface area (Å²) in [6.07, 6.45) is 0.587. The minimum absolute atomic E-state index is 0.190. The largest absolute Gasteiger partial charge is 0.324 e. The predicted molar refractivity (Wildman–Crippen MR) is 118 cm³/mol. The highest BCUT2D eigenvalue weighted by Crippen LogP contribution is 2.29. The van der Waals surface area contributed by atoms with Crippen LogP contribution in [0.1, 0.15) is 25.8 Å². The topological polar surface area (TPSA) is 96.5 Å². The summed E-state index contributed by atoms with van der Waals surface area (Å²) in [5.74, 6) is -0.190. The fourth-order valence-electron chi connectivity index (χ4n) is 3.41. The number of hydrogen-bond acceptors (Lipinski definition) is 6. The Morgan fingerprint density at radius 1 is 1.17 bits per heavy atom. The second-order valence-corrected chi connectivity index (χ2v) is 7.86. The number of aryl methyl sites for hydroxylation is 1. The van der Waals surface area contributed by atoms with E-state index in [-0.39, 0.29) is 5.91 Å². The third-order valence-electron chi connectivity index (χ3n) is 4.89. The third-order valence-corrected chi connectivity index (χ3v) is 6.10. The number of nitrogens with one attached hydrogen (secondary N) is 1. The molecule has 0 aliphatic rings. The van der Waals surface area contributed by atoms with Gasteiger partial charge in [0.2, 0.25) is 11.1 Å². The SMILES string of the molecule is CC[C@H](Sc1nnc2c3ccccc3n(CC)c2n1)C(=O)Nc1ccccc1C#N. The van der Waals surface area contributed by atoms with Gasteiger partial charge in [0.25, 0.3) is 0 Å². The van der Waals surface area contributed by atoms with Gasteiger partial charge in [0, 0.05) is 11.9 Å².